The third-order valence-corrected chi connectivity index (χ3v) is 13.7. The standard InChI is InChI=1S/C20H22Cl2N2O8S4/c21-15-1-5-19(6-2-15)35(29,30)23(17-9-11-33(25,26)13-17)24(18-10-12-34(27,28)14-18)36(31,32)20-7-3-16(22)4-8-20/h1-8,17-18H,9-14H2/t17-,18-/m0/s1. The second-order valence-corrected chi connectivity index (χ2v) is 17.5. The molecule has 0 radical (unpaired) electrons. The van der Waals surface area contributed by atoms with E-state index in [4.69, 9.17) is 23.2 Å². The van der Waals surface area contributed by atoms with Crippen molar-refractivity contribution in [1.82, 2.24) is 8.83 Å². The summed E-state index contributed by atoms with van der Waals surface area (Å²) in [7, 11) is -16.7. The van der Waals surface area contributed by atoms with Crippen LogP contribution in [0, 0.1) is 0 Å². The highest BCUT2D eigenvalue weighted by molar-refractivity contribution is 7.93. The highest BCUT2D eigenvalue weighted by atomic mass is 35.5. The maximum atomic E-state index is 13.9. The molecule has 0 bridgehead atoms. The van der Waals surface area contributed by atoms with Crippen LogP contribution in [0.15, 0.2) is 58.3 Å². The fourth-order valence-electron chi connectivity index (χ4n) is 4.25. The van der Waals surface area contributed by atoms with Gasteiger partial charge in [-0.3, -0.25) is 0 Å². The topological polar surface area (TPSA) is 143 Å². The van der Waals surface area contributed by atoms with Gasteiger partial charge in [0.05, 0.1) is 44.9 Å². The van der Waals surface area contributed by atoms with Crippen LogP contribution in [0.4, 0.5) is 0 Å². The molecule has 0 amide bonds. The van der Waals surface area contributed by atoms with Crippen molar-refractivity contribution in [2.24, 2.45) is 0 Å². The Labute approximate surface area is 220 Å². The van der Waals surface area contributed by atoms with Gasteiger partial charge < -0.3 is 0 Å². The molecule has 2 aromatic rings. The van der Waals surface area contributed by atoms with Crippen molar-refractivity contribution in [2.45, 2.75) is 34.7 Å². The van der Waals surface area contributed by atoms with Gasteiger partial charge in [0.2, 0.25) is 0 Å². The Morgan fingerprint density at radius 1 is 0.611 bits per heavy atom. The van der Waals surface area contributed by atoms with E-state index in [9.17, 15) is 33.7 Å². The molecule has 0 N–H and O–H groups in total. The Bertz CT molecular complexity index is 1450. The van der Waals surface area contributed by atoms with Crippen molar-refractivity contribution >= 4 is 62.9 Å². The van der Waals surface area contributed by atoms with Gasteiger partial charge in [0, 0.05) is 10.0 Å². The number of nitrogens with zero attached hydrogens (tertiary/aromatic N) is 2. The molecule has 2 aliphatic heterocycles. The molecule has 2 atom stereocenters. The van der Waals surface area contributed by atoms with Crippen molar-refractivity contribution < 1.29 is 33.7 Å². The summed E-state index contributed by atoms with van der Waals surface area (Å²) in [6.07, 6.45) is -0.331. The summed E-state index contributed by atoms with van der Waals surface area (Å²) in [6.45, 7) is 0. The minimum atomic E-state index is -4.69. The smallest absolute Gasteiger partial charge is 0.229 e. The van der Waals surface area contributed by atoms with Gasteiger partial charge in [-0.1, -0.05) is 23.2 Å². The molecule has 36 heavy (non-hydrogen) atoms. The third kappa shape index (κ3) is 5.60. The fraction of sp³-hybridized carbons (Fsp3) is 0.400. The average molecular weight is 618 g/mol. The van der Waals surface area contributed by atoms with Gasteiger partial charge in [0.25, 0.3) is 20.0 Å². The second kappa shape index (κ2) is 9.80. The van der Waals surface area contributed by atoms with Crippen LogP contribution >= 0.6 is 23.2 Å². The van der Waals surface area contributed by atoms with Gasteiger partial charge in [-0.15, -0.1) is 8.83 Å². The molecule has 0 aromatic heterocycles. The van der Waals surface area contributed by atoms with Gasteiger partial charge in [-0.2, -0.15) is 0 Å². The quantitative estimate of drug-likeness (QED) is 0.429. The van der Waals surface area contributed by atoms with Gasteiger partial charge in [0.1, 0.15) is 0 Å². The summed E-state index contributed by atoms with van der Waals surface area (Å²) in [4.78, 5) is -0.651. The average Bonchev–Trinajstić information content (AvgIpc) is 3.32. The molecule has 0 aliphatic carbocycles. The summed E-state index contributed by atoms with van der Waals surface area (Å²) in [5.74, 6) is -1.93. The van der Waals surface area contributed by atoms with E-state index in [0.29, 0.717) is 8.83 Å². The van der Waals surface area contributed by atoms with Crippen molar-refractivity contribution in [3.8, 4) is 0 Å². The molecule has 2 fully saturated rings. The molecule has 0 unspecified atom stereocenters. The fourth-order valence-corrected chi connectivity index (χ4v) is 11.8. The van der Waals surface area contributed by atoms with Crippen LogP contribution in [-0.2, 0) is 39.7 Å². The molecule has 4 rings (SSSR count). The van der Waals surface area contributed by atoms with Crippen LogP contribution in [0.1, 0.15) is 12.8 Å². The van der Waals surface area contributed by atoms with Crippen molar-refractivity contribution in [3.05, 3.63) is 58.6 Å². The number of hydrogen-bond donors (Lipinski definition) is 0. The third-order valence-electron chi connectivity index (χ3n) is 5.95. The number of sulfone groups is 2. The van der Waals surface area contributed by atoms with E-state index in [0.717, 1.165) is 0 Å². The lowest BCUT2D eigenvalue weighted by molar-refractivity contribution is 0.0888. The van der Waals surface area contributed by atoms with E-state index < -0.39 is 63.3 Å². The van der Waals surface area contributed by atoms with E-state index >= 15 is 0 Å². The van der Waals surface area contributed by atoms with E-state index in [1.165, 1.54) is 48.5 Å². The molecule has 198 valence electrons. The van der Waals surface area contributed by atoms with Crippen LogP contribution in [0.2, 0.25) is 10.0 Å². The van der Waals surface area contributed by atoms with Gasteiger partial charge >= 0.3 is 0 Å². The Morgan fingerprint density at radius 3 is 1.17 bits per heavy atom. The van der Waals surface area contributed by atoms with Crippen LogP contribution in [0.5, 0.6) is 0 Å². The minimum Gasteiger partial charge on any atom is -0.229 e. The summed E-state index contributed by atoms with van der Waals surface area (Å²) >= 11 is 11.8. The first-order chi connectivity index (χ1) is 16.6. The van der Waals surface area contributed by atoms with Crippen molar-refractivity contribution in [2.75, 3.05) is 23.0 Å². The predicted molar refractivity (Wildman–Crippen MR) is 135 cm³/mol. The normalized spacial score (nSPS) is 23.9. The lowest BCUT2D eigenvalue weighted by Crippen LogP contribution is -2.58. The first-order valence-corrected chi connectivity index (χ1v) is 17.9. The molecule has 2 aliphatic rings. The van der Waals surface area contributed by atoms with E-state index in [1.807, 2.05) is 0 Å². The summed E-state index contributed by atoms with van der Waals surface area (Å²) in [5, 5.41) is 0.466. The summed E-state index contributed by atoms with van der Waals surface area (Å²) in [5.41, 5.74) is 0. The number of hydrazine groups is 1. The zero-order chi connectivity index (χ0) is 26.5. The highest BCUT2D eigenvalue weighted by Crippen LogP contribution is 2.35. The van der Waals surface area contributed by atoms with Crippen LogP contribution in [-0.4, -0.2) is 77.6 Å². The first kappa shape index (κ1) is 27.8. The Hall–Kier alpha value is -1.26. The maximum absolute atomic E-state index is 13.9. The van der Waals surface area contributed by atoms with Crippen LogP contribution < -0.4 is 0 Å². The number of halogens is 2. The molecule has 2 saturated heterocycles. The maximum Gasteiger partial charge on any atom is 0.257 e. The molecule has 16 heteroatoms. The lowest BCUT2D eigenvalue weighted by atomic mass is 10.2. The first-order valence-electron chi connectivity index (χ1n) is 10.6. The number of benzene rings is 2. The van der Waals surface area contributed by atoms with Gasteiger partial charge in [-0.25, -0.2) is 33.7 Å². The van der Waals surface area contributed by atoms with Gasteiger partial charge in [0.15, 0.2) is 19.7 Å². The van der Waals surface area contributed by atoms with Crippen LogP contribution in [0.3, 0.4) is 0 Å². The monoisotopic (exact) mass is 616 g/mol. The van der Waals surface area contributed by atoms with Gasteiger partial charge in [-0.05, 0) is 61.4 Å². The van der Waals surface area contributed by atoms with E-state index in [1.54, 1.807) is 0 Å². The summed E-state index contributed by atoms with van der Waals surface area (Å²) in [6, 6.07) is 7.35. The number of sulfonamides is 2. The van der Waals surface area contributed by atoms with E-state index in [-0.39, 0.29) is 44.2 Å². The second-order valence-electron chi connectivity index (χ2n) is 8.58. The SMILES string of the molecule is O=S1(=O)CC[C@H](N(N([C@H]2CCS(=O)(=O)C2)S(=O)(=O)c2ccc(Cl)cc2)S(=O)(=O)c2ccc(Cl)cc2)C1. The van der Waals surface area contributed by atoms with E-state index in [2.05, 4.69) is 0 Å². The van der Waals surface area contributed by atoms with Crippen molar-refractivity contribution in [1.29, 1.82) is 0 Å². The lowest BCUT2D eigenvalue weighted by Gasteiger charge is -2.39. The zero-order valence-electron chi connectivity index (χ0n) is 18.6. The molecular weight excluding hydrogens is 595 g/mol. The predicted octanol–water partition coefficient (Wildman–Crippen LogP) is 1.96. The Balaban J connectivity index is 1.95. The molecule has 0 saturated carbocycles. The molecule has 2 heterocycles. The van der Waals surface area contributed by atoms with Crippen molar-refractivity contribution in [3.63, 3.8) is 0 Å². The minimum absolute atomic E-state index is 0.165. The summed E-state index contributed by atoms with van der Waals surface area (Å²) < 4.78 is 106. The zero-order valence-corrected chi connectivity index (χ0v) is 23.3. The Kier molecular flexibility index (Phi) is 7.56. The van der Waals surface area contributed by atoms with Crippen LogP contribution in [0.25, 0.3) is 0 Å². The molecule has 10 nitrogen and oxygen atoms in total. The number of rotatable bonds is 7. The largest absolute Gasteiger partial charge is 0.257 e. The Morgan fingerprint density at radius 2 is 0.917 bits per heavy atom. The molecule has 2 aromatic carbocycles. The number of hydrogen-bond acceptors (Lipinski definition) is 8. The molecule has 0 spiro atoms. The highest BCUT2D eigenvalue weighted by Gasteiger charge is 2.51. The molecular formula is C20H22Cl2N2O8S4.